The highest BCUT2D eigenvalue weighted by Gasteiger charge is 2.20. The fourth-order valence-electron chi connectivity index (χ4n) is 1.52. The number of esters is 1. The van der Waals surface area contributed by atoms with Crippen LogP contribution in [0.5, 0.6) is 0 Å². The second-order valence-electron chi connectivity index (χ2n) is 4.05. The minimum Gasteiger partial charge on any atom is -0.464 e. The van der Waals surface area contributed by atoms with Gasteiger partial charge in [0.25, 0.3) is 5.91 Å². The molecule has 0 spiro atoms. The van der Waals surface area contributed by atoms with Gasteiger partial charge in [0.2, 0.25) is 0 Å². The summed E-state index contributed by atoms with van der Waals surface area (Å²) in [6.07, 6.45) is 2.20. The second kappa shape index (κ2) is 10.3. The first-order valence-corrected chi connectivity index (χ1v) is 7.46. The van der Waals surface area contributed by atoms with E-state index in [9.17, 15) is 9.59 Å². The second-order valence-corrected chi connectivity index (χ2v) is 4.05. The molecule has 1 rings (SSSR count). The molecule has 1 N–H and O–H groups in total. The number of nitrogens with one attached hydrogen (secondary N) is 1. The minimum absolute atomic E-state index is 0.255. The van der Waals surface area contributed by atoms with Crippen molar-refractivity contribution in [2.75, 3.05) is 12.9 Å². The van der Waals surface area contributed by atoms with Crippen LogP contribution >= 0.6 is 12.6 Å². The van der Waals surface area contributed by atoms with Gasteiger partial charge in [0, 0.05) is 5.56 Å². The fraction of sp³-hybridized carbons (Fsp3) is 0.467. The Morgan fingerprint density at radius 1 is 1.20 bits per heavy atom. The van der Waals surface area contributed by atoms with Crippen molar-refractivity contribution in [3.05, 3.63) is 35.4 Å². The van der Waals surface area contributed by atoms with Crippen LogP contribution in [0.3, 0.4) is 0 Å². The minimum atomic E-state index is -0.584. The van der Waals surface area contributed by atoms with Crippen LogP contribution in [0.15, 0.2) is 24.3 Å². The van der Waals surface area contributed by atoms with Crippen molar-refractivity contribution in [3.63, 3.8) is 0 Å². The SMILES string of the molecule is CCOC(=O)C(CC)NC(=O)c1ccc(C)cc1.CS. The van der Waals surface area contributed by atoms with Gasteiger partial charge in [-0.25, -0.2) is 4.79 Å². The topological polar surface area (TPSA) is 55.4 Å². The predicted octanol–water partition coefficient (Wildman–Crippen LogP) is 2.61. The summed E-state index contributed by atoms with van der Waals surface area (Å²) in [6, 6.07) is 6.62. The molecule has 0 fully saturated rings. The highest BCUT2D eigenvalue weighted by atomic mass is 32.1. The number of thiol groups is 1. The van der Waals surface area contributed by atoms with Gasteiger partial charge >= 0.3 is 5.97 Å². The zero-order valence-electron chi connectivity index (χ0n) is 12.5. The number of rotatable bonds is 5. The highest BCUT2D eigenvalue weighted by molar-refractivity contribution is 7.79. The Morgan fingerprint density at radius 3 is 2.20 bits per heavy atom. The van der Waals surface area contributed by atoms with Gasteiger partial charge in [0.05, 0.1) is 6.61 Å². The van der Waals surface area contributed by atoms with Crippen LogP contribution in [0.4, 0.5) is 0 Å². The Morgan fingerprint density at radius 2 is 1.75 bits per heavy atom. The Hall–Kier alpha value is -1.49. The molecule has 0 aliphatic heterocycles. The molecule has 5 heteroatoms. The largest absolute Gasteiger partial charge is 0.464 e. The number of carbonyl (C=O) groups excluding carboxylic acids is 2. The molecule has 1 atom stereocenters. The standard InChI is InChI=1S/C14H19NO3.CH4S/c1-4-12(14(17)18-5-2)15-13(16)11-8-6-10(3)7-9-11;1-2/h6-9,12H,4-5H2,1-3H3,(H,15,16);2H,1H3. The van der Waals surface area contributed by atoms with Gasteiger partial charge in [0.1, 0.15) is 6.04 Å². The molecule has 20 heavy (non-hydrogen) atoms. The molecule has 4 nitrogen and oxygen atoms in total. The van der Waals surface area contributed by atoms with E-state index in [0.717, 1.165) is 5.56 Å². The summed E-state index contributed by atoms with van der Waals surface area (Å²) in [7, 11) is 0. The Labute approximate surface area is 126 Å². The molecule has 0 heterocycles. The number of amides is 1. The van der Waals surface area contributed by atoms with Crippen LogP contribution in [0, 0.1) is 6.92 Å². The molecule has 0 aliphatic rings. The van der Waals surface area contributed by atoms with Crippen molar-refractivity contribution >= 4 is 24.5 Å². The maximum Gasteiger partial charge on any atom is 0.328 e. The molecule has 0 saturated carbocycles. The zero-order valence-corrected chi connectivity index (χ0v) is 13.4. The lowest BCUT2D eigenvalue weighted by molar-refractivity contribution is -0.145. The van der Waals surface area contributed by atoms with E-state index in [1.54, 1.807) is 25.3 Å². The monoisotopic (exact) mass is 297 g/mol. The summed E-state index contributed by atoms with van der Waals surface area (Å²) < 4.78 is 4.90. The highest BCUT2D eigenvalue weighted by Crippen LogP contribution is 2.04. The molecular formula is C15H23NO3S. The zero-order chi connectivity index (χ0) is 15.5. The van der Waals surface area contributed by atoms with Crippen molar-refractivity contribution in [2.24, 2.45) is 0 Å². The van der Waals surface area contributed by atoms with Crippen LogP contribution in [-0.4, -0.2) is 30.8 Å². The van der Waals surface area contributed by atoms with E-state index in [2.05, 4.69) is 17.9 Å². The van der Waals surface area contributed by atoms with Gasteiger partial charge in [-0.1, -0.05) is 24.6 Å². The van der Waals surface area contributed by atoms with E-state index in [4.69, 9.17) is 4.74 Å². The fourth-order valence-corrected chi connectivity index (χ4v) is 1.52. The van der Waals surface area contributed by atoms with Crippen LogP contribution in [0.1, 0.15) is 36.2 Å². The molecule has 1 unspecified atom stereocenters. The van der Waals surface area contributed by atoms with Crippen molar-refractivity contribution < 1.29 is 14.3 Å². The lowest BCUT2D eigenvalue weighted by Gasteiger charge is -2.15. The summed E-state index contributed by atoms with van der Waals surface area (Å²) >= 11 is 3.53. The Kier molecular flexibility index (Phi) is 9.55. The smallest absolute Gasteiger partial charge is 0.328 e. The average molecular weight is 297 g/mol. The van der Waals surface area contributed by atoms with Gasteiger partial charge in [-0.2, -0.15) is 12.6 Å². The molecule has 0 aromatic heterocycles. The van der Waals surface area contributed by atoms with Crippen molar-refractivity contribution in [3.8, 4) is 0 Å². The van der Waals surface area contributed by atoms with E-state index >= 15 is 0 Å². The van der Waals surface area contributed by atoms with E-state index in [1.807, 2.05) is 26.0 Å². The summed E-state index contributed by atoms with van der Waals surface area (Å²) in [5.41, 5.74) is 1.63. The third-order valence-corrected chi connectivity index (χ3v) is 2.60. The number of benzene rings is 1. The van der Waals surface area contributed by atoms with Crippen molar-refractivity contribution in [1.82, 2.24) is 5.32 Å². The van der Waals surface area contributed by atoms with Crippen molar-refractivity contribution in [1.29, 1.82) is 0 Å². The Balaban J connectivity index is 0.00000172. The van der Waals surface area contributed by atoms with Crippen LogP contribution < -0.4 is 5.32 Å². The first-order valence-electron chi connectivity index (χ1n) is 6.57. The molecule has 112 valence electrons. The molecule has 1 aromatic carbocycles. The Bertz CT molecular complexity index is 418. The van der Waals surface area contributed by atoms with Crippen LogP contribution in [0.2, 0.25) is 0 Å². The number of aryl methyl sites for hydroxylation is 1. The van der Waals surface area contributed by atoms with Gasteiger partial charge in [0.15, 0.2) is 0 Å². The first-order chi connectivity index (χ1) is 9.58. The number of carbonyl (C=O) groups is 2. The molecule has 0 saturated heterocycles. The van der Waals surface area contributed by atoms with Crippen LogP contribution in [-0.2, 0) is 9.53 Å². The molecule has 0 aliphatic carbocycles. The summed E-state index contributed by atoms with van der Waals surface area (Å²) in [6.45, 7) is 5.84. The third-order valence-electron chi connectivity index (χ3n) is 2.60. The lowest BCUT2D eigenvalue weighted by Crippen LogP contribution is -2.41. The van der Waals surface area contributed by atoms with E-state index < -0.39 is 6.04 Å². The van der Waals surface area contributed by atoms with E-state index in [1.165, 1.54) is 0 Å². The summed E-state index contributed by atoms with van der Waals surface area (Å²) in [4.78, 5) is 23.5. The van der Waals surface area contributed by atoms with E-state index in [0.29, 0.717) is 18.6 Å². The average Bonchev–Trinajstić information content (AvgIpc) is 2.47. The predicted molar refractivity (Wildman–Crippen MR) is 84.3 cm³/mol. The van der Waals surface area contributed by atoms with Crippen molar-refractivity contribution in [2.45, 2.75) is 33.2 Å². The molecule has 1 amide bonds. The maximum absolute atomic E-state index is 11.9. The van der Waals surface area contributed by atoms with Gasteiger partial charge in [-0.3, -0.25) is 4.79 Å². The third kappa shape index (κ3) is 6.10. The normalized spacial score (nSPS) is 10.8. The molecular weight excluding hydrogens is 274 g/mol. The maximum atomic E-state index is 11.9. The van der Waals surface area contributed by atoms with Gasteiger partial charge < -0.3 is 10.1 Å². The van der Waals surface area contributed by atoms with Gasteiger partial charge in [-0.15, -0.1) is 0 Å². The van der Waals surface area contributed by atoms with E-state index in [-0.39, 0.29) is 11.9 Å². The van der Waals surface area contributed by atoms with Gasteiger partial charge in [-0.05, 0) is 38.7 Å². The summed E-state index contributed by atoms with van der Waals surface area (Å²) in [5, 5.41) is 2.67. The quantitative estimate of drug-likeness (QED) is 0.649. The lowest BCUT2D eigenvalue weighted by atomic mass is 10.1. The molecule has 0 bridgehead atoms. The summed E-state index contributed by atoms with van der Waals surface area (Å²) in [5.74, 6) is -0.643. The first kappa shape index (κ1) is 18.5. The number of hydrogen-bond acceptors (Lipinski definition) is 4. The number of hydrogen-bond donors (Lipinski definition) is 2. The van der Waals surface area contributed by atoms with Crippen LogP contribution in [0.25, 0.3) is 0 Å². The molecule has 0 radical (unpaired) electrons. The molecule has 1 aromatic rings. The number of ether oxygens (including phenoxy) is 1.